The predicted octanol–water partition coefficient (Wildman–Crippen LogP) is 1.46. The molecular formula is C10H10F3N3O2. The molecule has 98 valence electrons. The quantitative estimate of drug-likeness (QED) is 0.659. The molecule has 0 saturated heterocycles. The fourth-order valence-electron chi connectivity index (χ4n) is 1.17. The number of amides is 1. The van der Waals surface area contributed by atoms with Gasteiger partial charge in [-0.15, -0.1) is 0 Å². The number of pyridine rings is 1. The van der Waals surface area contributed by atoms with Crippen molar-refractivity contribution in [2.45, 2.75) is 6.18 Å². The highest BCUT2D eigenvalue weighted by Crippen LogP contribution is 2.31. The van der Waals surface area contributed by atoms with E-state index in [9.17, 15) is 18.0 Å². The first-order chi connectivity index (χ1) is 8.46. The number of halogens is 3. The van der Waals surface area contributed by atoms with Gasteiger partial charge in [-0.1, -0.05) is 5.16 Å². The Bertz CT molecular complexity index is 446. The zero-order valence-corrected chi connectivity index (χ0v) is 9.36. The van der Waals surface area contributed by atoms with E-state index >= 15 is 0 Å². The van der Waals surface area contributed by atoms with Crippen LogP contribution in [-0.4, -0.2) is 30.8 Å². The van der Waals surface area contributed by atoms with Gasteiger partial charge in [-0.2, -0.15) is 13.2 Å². The van der Waals surface area contributed by atoms with E-state index in [1.165, 1.54) is 13.3 Å². The van der Waals surface area contributed by atoms with E-state index < -0.39 is 23.2 Å². The van der Waals surface area contributed by atoms with Gasteiger partial charge in [0.25, 0.3) is 5.91 Å². The van der Waals surface area contributed by atoms with Crippen molar-refractivity contribution in [2.75, 3.05) is 13.7 Å². The van der Waals surface area contributed by atoms with Gasteiger partial charge in [0.15, 0.2) is 0 Å². The van der Waals surface area contributed by atoms with Crippen LogP contribution < -0.4 is 5.32 Å². The Morgan fingerprint density at radius 2 is 2.33 bits per heavy atom. The van der Waals surface area contributed by atoms with Gasteiger partial charge in [0.05, 0.1) is 23.9 Å². The maximum Gasteiger partial charge on any atom is 0.417 e. The van der Waals surface area contributed by atoms with Gasteiger partial charge in [-0.25, -0.2) is 0 Å². The lowest BCUT2D eigenvalue weighted by Gasteiger charge is -2.11. The van der Waals surface area contributed by atoms with E-state index in [4.69, 9.17) is 0 Å². The minimum Gasteiger partial charge on any atom is -0.399 e. The second-order valence-electron chi connectivity index (χ2n) is 3.10. The summed E-state index contributed by atoms with van der Waals surface area (Å²) < 4.78 is 37.8. The lowest BCUT2D eigenvalue weighted by atomic mass is 10.1. The van der Waals surface area contributed by atoms with E-state index in [1.807, 2.05) is 0 Å². The fraction of sp³-hybridized carbons (Fsp3) is 0.300. The molecule has 0 saturated carbocycles. The van der Waals surface area contributed by atoms with E-state index in [-0.39, 0.29) is 6.54 Å². The summed E-state index contributed by atoms with van der Waals surface area (Å²) in [5, 5.41) is 5.57. The van der Waals surface area contributed by atoms with Crippen molar-refractivity contribution in [1.29, 1.82) is 0 Å². The van der Waals surface area contributed by atoms with Crippen molar-refractivity contribution < 1.29 is 22.8 Å². The molecule has 1 amide bonds. The average molecular weight is 261 g/mol. The Morgan fingerprint density at radius 1 is 1.61 bits per heavy atom. The molecule has 0 fully saturated rings. The Labute approximate surface area is 101 Å². The fourth-order valence-corrected chi connectivity index (χ4v) is 1.17. The molecule has 1 aromatic rings. The van der Waals surface area contributed by atoms with E-state index in [0.29, 0.717) is 0 Å². The second kappa shape index (κ2) is 5.99. The number of nitrogens with zero attached hydrogens (tertiary/aromatic N) is 2. The van der Waals surface area contributed by atoms with E-state index in [1.54, 1.807) is 0 Å². The monoisotopic (exact) mass is 261 g/mol. The topological polar surface area (TPSA) is 63.6 Å². The number of hydrogen-bond donors (Lipinski definition) is 1. The molecule has 1 aromatic heterocycles. The lowest BCUT2D eigenvalue weighted by molar-refractivity contribution is -0.138. The highest BCUT2D eigenvalue weighted by molar-refractivity contribution is 5.96. The number of rotatable bonds is 4. The molecule has 0 aromatic carbocycles. The van der Waals surface area contributed by atoms with Gasteiger partial charge in [0.1, 0.15) is 7.11 Å². The smallest absolute Gasteiger partial charge is 0.399 e. The first kappa shape index (κ1) is 13.9. The molecule has 1 N–H and O–H groups in total. The number of aromatic nitrogens is 1. The first-order valence-corrected chi connectivity index (χ1v) is 4.81. The highest BCUT2D eigenvalue weighted by Gasteiger charge is 2.35. The van der Waals surface area contributed by atoms with Crippen LogP contribution in [0.25, 0.3) is 0 Å². The van der Waals surface area contributed by atoms with Gasteiger partial charge < -0.3 is 10.2 Å². The third kappa shape index (κ3) is 3.72. The van der Waals surface area contributed by atoms with Gasteiger partial charge in [-0.3, -0.25) is 9.78 Å². The molecule has 8 heteroatoms. The Balaban J connectivity index is 2.83. The maximum atomic E-state index is 12.6. The molecule has 5 nitrogen and oxygen atoms in total. The largest absolute Gasteiger partial charge is 0.417 e. The van der Waals surface area contributed by atoms with Crippen LogP contribution in [0.4, 0.5) is 13.2 Å². The molecule has 0 aliphatic rings. The van der Waals surface area contributed by atoms with Crippen molar-refractivity contribution in [1.82, 2.24) is 10.3 Å². The summed E-state index contributed by atoms with van der Waals surface area (Å²) >= 11 is 0. The van der Waals surface area contributed by atoms with Crippen LogP contribution in [0.1, 0.15) is 15.9 Å². The summed E-state index contributed by atoms with van der Waals surface area (Å²) in [6.07, 6.45) is -1.55. The molecule has 0 aliphatic carbocycles. The number of carbonyl (C=O) groups excluding carboxylic acids is 1. The van der Waals surface area contributed by atoms with E-state index in [0.717, 1.165) is 18.5 Å². The minimum atomic E-state index is -4.60. The number of carbonyl (C=O) groups is 1. The molecule has 0 bridgehead atoms. The van der Waals surface area contributed by atoms with Crippen molar-refractivity contribution in [2.24, 2.45) is 5.16 Å². The predicted molar refractivity (Wildman–Crippen MR) is 57.1 cm³/mol. The molecule has 0 spiro atoms. The Kier molecular flexibility index (Phi) is 4.64. The Hall–Kier alpha value is -2.12. The molecule has 0 aliphatic heterocycles. The minimum absolute atomic E-state index is 0.0428. The highest BCUT2D eigenvalue weighted by atomic mass is 19.4. The van der Waals surface area contributed by atoms with Crippen LogP contribution in [0.15, 0.2) is 23.6 Å². The summed E-state index contributed by atoms with van der Waals surface area (Å²) in [4.78, 5) is 19.4. The van der Waals surface area contributed by atoms with Crippen LogP contribution >= 0.6 is 0 Å². The SMILES string of the molecule is CON=CCNC(=O)c1cnccc1C(F)(F)F. The third-order valence-electron chi connectivity index (χ3n) is 1.90. The normalized spacial score (nSPS) is 11.6. The number of hydrogen-bond acceptors (Lipinski definition) is 4. The molecule has 18 heavy (non-hydrogen) atoms. The molecule has 1 heterocycles. The third-order valence-corrected chi connectivity index (χ3v) is 1.90. The van der Waals surface area contributed by atoms with Gasteiger partial charge in [0, 0.05) is 12.4 Å². The zero-order valence-electron chi connectivity index (χ0n) is 9.36. The molecule has 0 unspecified atom stereocenters. The van der Waals surface area contributed by atoms with Crippen LogP contribution in [0, 0.1) is 0 Å². The summed E-state index contributed by atoms with van der Waals surface area (Å²) in [6.45, 7) is -0.0428. The second-order valence-corrected chi connectivity index (χ2v) is 3.10. The van der Waals surface area contributed by atoms with Gasteiger partial charge >= 0.3 is 6.18 Å². The maximum absolute atomic E-state index is 12.6. The summed E-state index contributed by atoms with van der Waals surface area (Å²) in [7, 11) is 1.31. The summed E-state index contributed by atoms with van der Waals surface area (Å²) in [6, 6.07) is 0.748. The molecule has 0 radical (unpaired) electrons. The van der Waals surface area contributed by atoms with Crippen molar-refractivity contribution in [3.8, 4) is 0 Å². The Morgan fingerprint density at radius 3 is 2.94 bits per heavy atom. The van der Waals surface area contributed by atoms with Crippen LogP contribution in [-0.2, 0) is 11.0 Å². The van der Waals surface area contributed by atoms with Crippen LogP contribution in [0.3, 0.4) is 0 Å². The molecular weight excluding hydrogens is 251 g/mol. The average Bonchev–Trinajstić information content (AvgIpc) is 2.33. The van der Waals surface area contributed by atoms with Gasteiger partial charge in [0.2, 0.25) is 0 Å². The lowest BCUT2D eigenvalue weighted by Crippen LogP contribution is -2.28. The van der Waals surface area contributed by atoms with Crippen LogP contribution in [0.5, 0.6) is 0 Å². The number of alkyl halides is 3. The number of oxime groups is 1. The van der Waals surface area contributed by atoms with Crippen molar-refractivity contribution >= 4 is 12.1 Å². The van der Waals surface area contributed by atoms with E-state index in [2.05, 4.69) is 20.3 Å². The van der Waals surface area contributed by atoms with Gasteiger partial charge in [-0.05, 0) is 6.07 Å². The zero-order chi connectivity index (χ0) is 13.6. The molecule has 1 rings (SSSR count). The number of nitrogens with one attached hydrogen (secondary N) is 1. The first-order valence-electron chi connectivity index (χ1n) is 4.81. The standard InChI is InChI=1S/C10H10F3N3O2/c1-18-16-5-4-15-9(17)7-6-14-3-2-8(7)10(11,12)13/h2-3,5-6H,4H2,1H3,(H,15,17). The van der Waals surface area contributed by atoms with Crippen molar-refractivity contribution in [3.63, 3.8) is 0 Å². The summed E-state index contributed by atoms with van der Waals surface area (Å²) in [5.41, 5.74) is -1.56. The van der Waals surface area contributed by atoms with Crippen LogP contribution in [0.2, 0.25) is 0 Å². The molecule has 0 atom stereocenters. The summed E-state index contributed by atoms with van der Waals surface area (Å²) in [5.74, 6) is -0.877. The van der Waals surface area contributed by atoms with Crippen molar-refractivity contribution in [3.05, 3.63) is 29.6 Å².